The number of carbonyl (C=O) groups excluding carboxylic acids is 4. The van der Waals surface area contributed by atoms with Crippen LogP contribution < -0.4 is 9.80 Å². The number of halogens is 1. The van der Waals surface area contributed by atoms with Gasteiger partial charge in [-0.3, -0.25) is 39.1 Å². The molecule has 0 bridgehead atoms. The van der Waals surface area contributed by atoms with Crippen molar-refractivity contribution in [3.05, 3.63) is 134 Å². The Morgan fingerprint density at radius 3 is 2.26 bits per heavy atom. The second kappa shape index (κ2) is 11.8. The van der Waals surface area contributed by atoms with Crippen LogP contribution in [0.25, 0.3) is 10.1 Å². The van der Waals surface area contributed by atoms with Gasteiger partial charge < -0.3 is 4.90 Å². The molecule has 3 heterocycles. The molecule has 0 radical (unpaired) electrons. The van der Waals surface area contributed by atoms with Crippen LogP contribution in [0.5, 0.6) is 0 Å². The van der Waals surface area contributed by atoms with E-state index in [2.05, 4.69) is 0 Å². The van der Waals surface area contributed by atoms with Crippen LogP contribution in [0.2, 0.25) is 5.02 Å². The minimum atomic E-state index is -0.532. The van der Waals surface area contributed by atoms with Crippen molar-refractivity contribution in [2.45, 2.75) is 25.4 Å². The molecule has 0 fully saturated rings. The van der Waals surface area contributed by atoms with E-state index < -0.39 is 41.3 Å². The number of hydrogen-bond donors (Lipinski definition) is 0. The molecule has 1 aromatic heterocycles. The Balaban J connectivity index is 1.26. The zero-order chi connectivity index (χ0) is 33.0. The number of para-hydroxylation sites is 2. The molecule has 12 heteroatoms. The van der Waals surface area contributed by atoms with Gasteiger partial charge in [-0.1, -0.05) is 60.1 Å². The highest BCUT2D eigenvalue weighted by Crippen LogP contribution is 2.45. The summed E-state index contributed by atoms with van der Waals surface area (Å²) in [5.41, 5.74) is 2.30. The van der Waals surface area contributed by atoms with Gasteiger partial charge in [-0.25, -0.2) is 0 Å². The third-order valence-electron chi connectivity index (χ3n) is 8.58. The molecule has 5 aromatic rings. The smallest absolute Gasteiger partial charge is 0.270 e. The molecular formula is C35H25ClN4O6S. The van der Waals surface area contributed by atoms with Crippen molar-refractivity contribution >= 4 is 73.7 Å². The van der Waals surface area contributed by atoms with Crippen molar-refractivity contribution in [1.29, 1.82) is 0 Å². The Labute approximate surface area is 277 Å². The fourth-order valence-electron chi connectivity index (χ4n) is 6.44. The minimum Gasteiger partial charge on any atom is -0.308 e. The van der Waals surface area contributed by atoms with Crippen molar-refractivity contribution in [3.63, 3.8) is 0 Å². The topological polar surface area (TPSA) is 121 Å². The van der Waals surface area contributed by atoms with Gasteiger partial charge in [0.05, 0.1) is 27.1 Å². The molecule has 7 rings (SSSR count). The molecule has 47 heavy (non-hydrogen) atoms. The summed E-state index contributed by atoms with van der Waals surface area (Å²) in [5, 5.41) is 12.2. The zero-order valence-electron chi connectivity index (χ0n) is 24.8. The van der Waals surface area contributed by atoms with E-state index in [1.54, 1.807) is 52.3 Å². The first-order valence-corrected chi connectivity index (χ1v) is 16.0. The first kappa shape index (κ1) is 30.3. The third-order valence-corrected chi connectivity index (χ3v) is 10.2. The molecular weight excluding hydrogens is 640 g/mol. The van der Waals surface area contributed by atoms with E-state index >= 15 is 0 Å². The molecule has 2 aliphatic heterocycles. The van der Waals surface area contributed by atoms with E-state index in [-0.39, 0.29) is 32.6 Å². The maximum absolute atomic E-state index is 14.6. The maximum atomic E-state index is 14.6. The number of amides is 4. The van der Waals surface area contributed by atoms with E-state index in [1.165, 1.54) is 12.1 Å². The Bertz CT molecular complexity index is 2100. The number of rotatable bonds is 6. The molecule has 0 saturated heterocycles. The highest BCUT2D eigenvalue weighted by molar-refractivity contribution is 7.21. The average molecular weight is 665 g/mol. The van der Waals surface area contributed by atoms with Crippen molar-refractivity contribution in [3.8, 4) is 0 Å². The van der Waals surface area contributed by atoms with E-state index in [0.29, 0.717) is 33.4 Å². The molecule has 4 aromatic carbocycles. The van der Waals surface area contributed by atoms with Gasteiger partial charge in [-0.2, -0.15) is 0 Å². The Hall–Kier alpha value is -5.39. The van der Waals surface area contributed by atoms with Gasteiger partial charge >= 0.3 is 0 Å². The van der Waals surface area contributed by atoms with Gasteiger partial charge in [0.2, 0.25) is 5.91 Å². The molecule has 2 aliphatic rings. The lowest BCUT2D eigenvalue weighted by atomic mass is 9.89. The van der Waals surface area contributed by atoms with Crippen LogP contribution >= 0.6 is 22.9 Å². The van der Waals surface area contributed by atoms with E-state index in [1.807, 2.05) is 49.4 Å². The van der Waals surface area contributed by atoms with Gasteiger partial charge in [0.25, 0.3) is 23.4 Å². The fraction of sp³-hybridized carbons (Fsp3) is 0.143. The monoisotopic (exact) mass is 664 g/mol. The first-order chi connectivity index (χ1) is 22.7. The summed E-state index contributed by atoms with van der Waals surface area (Å²) in [6, 6.07) is 26.2. The van der Waals surface area contributed by atoms with Crippen LogP contribution in [-0.4, -0.2) is 46.0 Å². The number of nitro benzene ring substituents is 1. The molecule has 0 aliphatic carbocycles. The van der Waals surface area contributed by atoms with Crippen molar-refractivity contribution < 1.29 is 24.1 Å². The van der Waals surface area contributed by atoms with Crippen molar-refractivity contribution in [1.82, 2.24) is 4.90 Å². The minimum absolute atomic E-state index is 0.102. The number of nitrogens with zero attached hydrogens (tertiary/aromatic N) is 4. The molecule has 0 N–H and O–H groups in total. The molecule has 234 valence electrons. The van der Waals surface area contributed by atoms with Crippen LogP contribution in [0.3, 0.4) is 0 Å². The Kier molecular flexibility index (Phi) is 7.57. The van der Waals surface area contributed by atoms with E-state index in [0.717, 1.165) is 16.2 Å². The molecule has 10 nitrogen and oxygen atoms in total. The van der Waals surface area contributed by atoms with Crippen molar-refractivity contribution in [2.24, 2.45) is 0 Å². The van der Waals surface area contributed by atoms with Crippen molar-refractivity contribution in [2.75, 3.05) is 16.3 Å². The summed E-state index contributed by atoms with van der Waals surface area (Å²) in [7, 11) is 0. The predicted molar refractivity (Wildman–Crippen MR) is 179 cm³/mol. The van der Waals surface area contributed by atoms with Gasteiger partial charge in [-0.05, 0) is 55.3 Å². The number of fused-ring (bicyclic) bond motifs is 3. The van der Waals surface area contributed by atoms with Gasteiger partial charge in [0, 0.05) is 39.6 Å². The largest absolute Gasteiger partial charge is 0.308 e. The van der Waals surface area contributed by atoms with E-state index in [9.17, 15) is 29.3 Å². The van der Waals surface area contributed by atoms with Gasteiger partial charge in [0.15, 0.2) is 0 Å². The fourth-order valence-corrected chi connectivity index (χ4v) is 7.92. The number of carbonyl (C=O) groups is 4. The number of anilines is 2. The summed E-state index contributed by atoms with van der Waals surface area (Å²) in [5.74, 6) is -1.84. The Morgan fingerprint density at radius 2 is 1.57 bits per heavy atom. The summed E-state index contributed by atoms with van der Waals surface area (Å²) >= 11 is 7.86. The number of imide groups is 1. The Morgan fingerprint density at radius 1 is 0.936 bits per heavy atom. The van der Waals surface area contributed by atoms with Gasteiger partial charge in [-0.15, -0.1) is 11.3 Å². The van der Waals surface area contributed by atoms with Crippen LogP contribution in [-0.2, 0) is 4.79 Å². The van der Waals surface area contributed by atoms with E-state index in [4.69, 9.17) is 11.6 Å². The highest BCUT2D eigenvalue weighted by Gasteiger charge is 2.42. The lowest BCUT2D eigenvalue weighted by molar-refractivity contribution is -0.384. The first-order valence-electron chi connectivity index (χ1n) is 14.8. The second-order valence-corrected chi connectivity index (χ2v) is 12.8. The quantitative estimate of drug-likeness (QED) is 0.107. The summed E-state index contributed by atoms with van der Waals surface area (Å²) in [4.78, 5) is 70.0. The van der Waals surface area contributed by atoms with Gasteiger partial charge in [0.1, 0.15) is 11.4 Å². The molecule has 2 atom stereocenters. The predicted octanol–water partition coefficient (Wildman–Crippen LogP) is 7.27. The number of non-ortho nitro benzene ring substituents is 1. The number of nitro groups is 1. The highest BCUT2D eigenvalue weighted by atomic mass is 35.5. The lowest BCUT2D eigenvalue weighted by Crippen LogP contribution is -2.51. The SMILES string of the molecule is C[C@H]1C[C@@H](N(C(=O)c2sc3cc([N+](=O)[O-])ccc3c2Cl)c2ccccc2)c2ccccc2N1C(=O)CN1C(=O)c2ccccc2C1=O. The molecule has 0 saturated carbocycles. The number of benzene rings is 4. The second-order valence-electron chi connectivity index (χ2n) is 11.4. The third kappa shape index (κ3) is 5.04. The molecule has 0 unspecified atom stereocenters. The summed E-state index contributed by atoms with van der Waals surface area (Å²) in [6.07, 6.45) is 0.333. The lowest BCUT2D eigenvalue weighted by Gasteiger charge is -2.43. The summed E-state index contributed by atoms with van der Waals surface area (Å²) < 4.78 is 0.517. The zero-order valence-corrected chi connectivity index (χ0v) is 26.4. The van der Waals surface area contributed by atoms with Crippen LogP contribution in [0.4, 0.5) is 17.1 Å². The number of hydrogen-bond acceptors (Lipinski definition) is 7. The molecule has 4 amide bonds. The van der Waals surface area contributed by atoms with Crippen LogP contribution in [0.15, 0.2) is 97.1 Å². The normalized spacial score (nSPS) is 17.1. The standard InChI is InChI=1S/C35H25ClN4O6S/c1-20-17-28(25-13-7-8-14-27(25)38(20)30(41)19-37-33(42)23-11-5-6-12-24(23)34(37)43)39(21-9-3-2-4-10-21)35(44)32-31(36)26-16-15-22(40(45)46)18-29(26)47-32/h2-16,18,20,28H,17,19H2,1H3/t20-,28+/m0/s1. The van der Waals surface area contributed by atoms with Crippen LogP contribution in [0.1, 0.15) is 55.3 Å². The van der Waals surface area contributed by atoms with Crippen LogP contribution in [0, 0.1) is 10.1 Å². The summed E-state index contributed by atoms with van der Waals surface area (Å²) in [6.45, 7) is 1.43. The molecule has 0 spiro atoms. The average Bonchev–Trinajstić information content (AvgIpc) is 3.53. The maximum Gasteiger partial charge on any atom is 0.270 e. The number of thiophene rings is 1.